The van der Waals surface area contributed by atoms with Gasteiger partial charge < -0.3 is 10.2 Å². The first-order chi connectivity index (χ1) is 9.61. The van der Waals surface area contributed by atoms with Crippen molar-refractivity contribution < 1.29 is 14.0 Å². The van der Waals surface area contributed by atoms with Crippen LogP contribution in [0.5, 0.6) is 0 Å². The Morgan fingerprint density at radius 3 is 3.00 bits per heavy atom. The maximum absolute atomic E-state index is 13.2. The lowest BCUT2D eigenvalue weighted by Gasteiger charge is -2.32. The van der Waals surface area contributed by atoms with E-state index in [1.807, 2.05) is 6.92 Å². The monoisotopic (exact) mass is 278 g/mol. The second-order valence-corrected chi connectivity index (χ2v) is 4.98. The highest BCUT2D eigenvalue weighted by molar-refractivity contribution is 5.99. The molecule has 5 heteroatoms. The van der Waals surface area contributed by atoms with Gasteiger partial charge in [0.2, 0.25) is 11.8 Å². The van der Waals surface area contributed by atoms with E-state index in [0.717, 1.165) is 12.8 Å². The van der Waals surface area contributed by atoms with Crippen molar-refractivity contribution in [3.63, 3.8) is 0 Å². The molecule has 0 radical (unpaired) electrons. The van der Waals surface area contributed by atoms with Crippen molar-refractivity contribution in [2.24, 2.45) is 0 Å². The summed E-state index contributed by atoms with van der Waals surface area (Å²) in [6.45, 7) is 2.48. The molecule has 1 fully saturated rings. The zero-order chi connectivity index (χ0) is 14.5. The SMILES string of the molecule is CCCC(=O)NC1CCCN(c2cccc(F)c2)C1=O. The first-order valence-corrected chi connectivity index (χ1v) is 6.98. The number of anilines is 1. The summed E-state index contributed by atoms with van der Waals surface area (Å²) in [6, 6.07) is 5.48. The third kappa shape index (κ3) is 3.35. The van der Waals surface area contributed by atoms with Crippen LogP contribution in [-0.4, -0.2) is 24.4 Å². The molecule has 1 aliphatic heterocycles. The molecule has 1 aromatic rings. The number of rotatable bonds is 4. The fourth-order valence-corrected chi connectivity index (χ4v) is 2.40. The Balaban J connectivity index is 2.08. The van der Waals surface area contributed by atoms with Crippen LogP contribution < -0.4 is 10.2 Å². The minimum absolute atomic E-state index is 0.105. The number of nitrogens with zero attached hydrogens (tertiary/aromatic N) is 1. The fraction of sp³-hybridized carbons (Fsp3) is 0.467. The van der Waals surface area contributed by atoms with Gasteiger partial charge in [-0.2, -0.15) is 0 Å². The highest BCUT2D eigenvalue weighted by atomic mass is 19.1. The summed E-state index contributed by atoms with van der Waals surface area (Å²) in [4.78, 5) is 25.5. The molecule has 0 saturated carbocycles. The van der Waals surface area contributed by atoms with Gasteiger partial charge in [0.1, 0.15) is 11.9 Å². The summed E-state index contributed by atoms with van der Waals surface area (Å²) in [5.74, 6) is -0.634. The number of carbonyl (C=O) groups is 2. The van der Waals surface area contributed by atoms with Crippen LogP contribution >= 0.6 is 0 Å². The molecule has 1 unspecified atom stereocenters. The number of amides is 2. The van der Waals surface area contributed by atoms with E-state index in [4.69, 9.17) is 0 Å². The molecule has 108 valence electrons. The second-order valence-electron chi connectivity index (χ2n) is 4.98. The van der Waals surface area contributed by atoms with Crippen molar-refractivity contribution in [2.75, 3.05) is 11.4 Å². The lowest BCUT2D eigenvalue weighted by atomic mass is 10.0. The number of benzene rings is 1. The third-order valence-corrected chi connectivity index (χ3v) is 3.37. The Labute approximate surface area is 118 Å². The molecule has 1 atom stereocenters. The predicted octanol–water partition coefficient (Wildman–Crippen LogP) is 2.24. The lowest BCUT2D eigenvalue weighted by molar-refractivity contribution is -0.128. The van der Waals surface area contributed by atoms with Crippen LogP contribution in [0.3, 0.4) is 0 Å². The van der Waals surface area contributed by atoms with Crippen LogP contribution in [0.2, 0.25) is 0 Å². The van der Waals surface area contributed by atoms with Crippen molar-refractivity contribution in [2.45, 2.75) is 38.6 Å². The van der Waals surface area contributed by atoms with Crippen molar-refractivity contribution in [1.82, 2.24) is 5.32 Å². The number of carbonyl (C=O) groups excluding carboxylic acids is 2. The van der Waals surface area contributed by atoms with Crippen molar-refractivity contribution >= 4 is 17.5 Å². The highest BCUT2D eigenvalue weighted by Crippen LogP contribution is 2.21. The molecule has 0 spiro atoms. The topological polar surface area (TPSA) is 49.4 Å². The Bertz CT molecular complexity index is 504. The third-order valence-electron chi connectivity index (χ3n) is 3.37. The van der Waals surface area contributed by atoms with E-state index in [1.54, 1.807) is 17.0 Å². The van der Waals surface area contributed by atoms with Crippen LogP contribution in [0.15, 0.2) is 24.3 Å². The number of halogens is 1. The smallest absolute Gasteiger partial charge is 0.249 e. The average Bonchev–Trinajstić information content (AvgIpc) is 2.41. The molecule has 1 heterocycles. The highest BCUT2D eigenvalue weighted by Gasteiger charge is 2.30. The van der Waals surface area contributed by atoms with E-state index in [2.05, 4.69) is 5.32 Å². The van der Waals surface area contributed by atoms with Crippen LogP contribution in [0, 0.1) is 5.82 Å². The molecule has 4 nitrogen and oxygen atoms in total. The molecule has 2 amide bonds. The lowest BCUT2D eigenvalue weighted by Crippen LogP contribution is -2.52. The van der Waals surface area contributed by atoms with Crippen LogP contribution in [0.1, 0.15) is 32.6 Å². The zero-order valence-electron chi connectivity index (χ0n) is 11.6. The number of hydrogen-bond donors (Lipinski definition) is 1. The Morgan fingerprint density at radius 2 is 2.30 bits per heavy atom. The van der Waals surface area contributed by atoms with E-state index >= 15 is 0 Å². The average molecular weight is 278 g/mol. The van der Waals surface area contributed by atoms with Gasteiger partial charge in [0.15, 0.2) is 0 Å². The minimum atomic E-state index is -0.494. The van der Waals surface area contributed by atoms with Gasteiger partial charge in [0, 0.05) is 18.7 Å². The van der Waals surface area contributed by atoms with E-state index in [-0.39, 0.29) is 17.6 Å². The predicted molar refractivity (Wildman–Crippen MR) is 74.8 cm³/mol. The Hall–Kier alpha value is -1.91. The van der Waals surface area contributed by atoms with Gasteiger partial charge in [-0.15, -0.1) is 0 Å². The first-order valence-electron chi connectivity index (χ1n) is 6.98. The minimum Gasteiger partial charge on any atom is -0.344 e. The van der Waals surface area contributed by atoms with Gasteiger partial charge in [0.05, 0.1) is 0 Å². The van der Waals surface area contributed by atoms with E-state index < -0.39 is 6.04 Å². The van der Waals surface area contributed by atoms with Gasteiger partial charge in [-0.25, -0.2) is 4.39 Å². The van der Waals surface area contributed by atoms with Gasteiger partial charge in [-0.3, -0.25) is 9.59 Å². The second kappa shape index (κ2) is 6.50. The summed E-state index contributed by atoms with van der Waals surface area (Å²) in [5.41, 5.74) is 0.546. The normalized spacial score (nSPS) is 19.0. The van der Waals surface area contributed by atoms with Gasteiger partial charge in [-0.1, -0.05) is 13.0 Å². The summed E-state index contributed by atoms with van der Waals surface area (Å²) in [6.07, 6.45) is 2.60. The number of piperidine rings is 1. The zero-order valence-corrected chi connectivity index (χ0v) is 11.6. The maximum Gasteiger partial charge on any atom is 0.249 e. The molecule has 0 aliphatic carbocycles. The molecule has 1 N–H and O–H groups in total. The Kier molecular flexibility index (Phi) is 4.71. The molecule has 0 aromatic heterocycles. The van der Waals surface area contributed by atoms with Crippen molar-refractivity contribution in [3.8, 4) is 0 Å². The van der Waals surface area contributed by atoms with Crippen molar-refractivity contribution in [3.05, 3.63) is 30.1 Å². The number of hydrogen-bond acceptors (Lipinski definition) is 2. The van der Waals surface area contributed by atoms with Crippen molar-refractivity contribution in [1.29, 1.82) is 0 Å². The number of nitrogens with one attached hydrogen (secondary N) is 1. The Morgan fingerprint density at radius 1 is 1.50 bits per heavy atom. The van der Waals surface area contributed by atoms with Gasteiger partial charge in [-0.05, 0) is 37.5 Å². The molecule has 0 bridgehead atoms. The van der Waals surface area contributed by atoms with Gasteiger partial charge >= 0.3 is 0 Å². The maximum atomic E-state index is 13.2. The van der Waals surface area contributed by atoms with Crippen LogP contribution in [-0.2, 0) is 9.59 Å². The summed E-state index contributed by atoms with van der Waals surface area (Å²) in [7, 11) is 0. The largest absolute Gasteiger partial charge is 0.344 e. The standard InChI is InChI=1S/C15H19FN2O2/c1-2-5-14(19)17-13-8-4-9-18(15(13)20)12-7-3-6-11(16)10-12/h3,6-7,10,13H,2,4-5,8-9H2,1H3,(H,17,19). The van der Waals surface area contributed by atoms with Gasteiger partial charge in [0.25, 0.3) is 0 Å². The molecular formula is C15H19FN2O2. The fourth-order valence-electron chi connectivity index (χ4n) is 2.40. The molecule has 1 saturated heterocycles. The van der Waals surface area contributed by atoms with Crippen LogP contribution in [0.4, 0.5) is 10.1 Å². The molecule has 20 heavy (non-hydrogen) atoms. The van der Waals surface area contributed by atoms with Crippen LogP contribution in [0.25, 0.3) is 0 Å². The van der Waals surface area contributed by atoms with E-state index in [1.165, 1.54) is 12.1 Å². The molecular weight excluding hydrogens is 259 g/mol. The quantitative estimate of drug-likeness (QED) is 0.918. The molecule has 2 rings (SSSR count). The molecule has 1 aromatic carbocycles. The summed E-state index contributed by atoms with van der Waals surface area (Å²) < 4.78 is 13.2. The summed E-state index contributed by atoms with van der Waals surface area (Å²) in [5, 5.41) is 2.76. The van der Waals surface area contributed by atoms with E-state index in [0.29, 0.717) is 25.1 Å². The first kappa shape index (κ1) is 14.5. The van der Waals surface area contributed by atoms with E-state index in [9.17, 15) is 14.0 Å². The molecule has 1 aliphatic rings. The summed E-state index contributed by atoms with van der Waals surface area (Å²) >= 11 is 0.